The SMILES string of the molecule is Oc1cc2c(cc1C[NH+]1CCCC1)OCO2. The lowest BCUT2D eigenvalue weighted by atomic mass is 10.1. The molecular weight excluding hydrogens is 206 g/mol. The van der Waals surface area contributed by atoms with Crippen molar-refractivity contribution in [2.45, 2.75) is 19.4 Å². The molecule has 1 fully saturated rings. The molecule has 0 aromatic heterocycles. The molecule has 0 unspecified atom stereocenters. The van der Waals surface area contributed by atoms with Gasteiger partial charge in [0.05, 0.1) is 18.7 Å². The summed E-state index contributed by atoms with van der Waals surface area (Å²) >= 11 is 0. The number of rotatable bonds is 2. The summed E-state index contributed by atoms with van der Waals surface area (Å²) in [5, 5.41) is 9.89. The fourth-order valence-electron chi connectivity index (χ4n) is 2.44. The summed E-state index contributed by atoms with van der Waals surface area (Å²) in [7, 11) is 0. The van der Waals surface area contributed by atoms with Crippen molar-refractivity contribution in [3.8, 4) is 17.2 Å². The second-order valence-corrected chi connectivity index (χ2v) is 4.47. The van der Waals surface area contributed by atoms with Crippen molar-refractivity contribution in [3.05, 3.63) is 17.7 Å². The van der Waals surface area contributed by atoms with E-state index in [-0.39, 0.29) is 6.79 Å². The summed E-state index contributed by atoms with van der Waals surface area (Å²) in [5.41, 5.74) is 0.959. The largest absolute Gasteiger partial charge is 0.507 e. The van der Waals surface area contributed by atoms with E-state index in [1.54, 1.807) is 6.07 Å². The monoisotopic (exact) mass is 222 g/mol. The Bertz CT molecular complexity index is 399. The van der Waals surface area contributed by atoms with E-state index in [1.165, 1.54) is 30.8 Å². The molecule has 0 amide bonds. The second-order valence-electron chi connectivity index (χ2n) is 4.47. The molecule has 0 saturated carbocycles. The first-order valence-electron chi connectivity index (χ1n) is 5.78. The van der Waals surface area contributed by atoms with Crippen molar-refractivity contribution >= 4 is 0 Å². The highest BCUT2D eigenvalue weighted by Gasteiger charge is 2.21. The Morgan fingerprint density at radius 2 is 1.81 bits per heavy atom. The Labute approximate surface area is 94.4 Å². The van der Waals surface area contributed by atoms with Crippen LogP contribution in [-0.4, -0.2) is 25.0 Å². The van der Waals surface area contributed by atoms with Gasteiger partial charge in [0.2, 0.25) is 6.79 Å². The van der Waals surface area contributed by atoms with E-state index in [4.69, 9.17) is 9.47 Å². The molecule has 0 radical (unpaired) electrons. The molecule has 2 heterocycles. The van der Waals surface area contributed by atoms with E-state index in [1.807, 2.05) is 6.07 Å². The number of nitrogens with one attached hydrogen (secondary N) is 1. The normalized spacial score (nSPS) is 19.2. The third kappa shape index (κ3) is 1.69. The van der Waals surface area contributed by atoms with Crippen LogP contribution < -0.4 is 14.4 Å². The molecular formula is C12H16NO3+. The molecule has 0 atom stereocenters. The maximum atomic E-state index is 9.89. The van der Waals surface area contributed by atoms with E-state index in [9.17, 15) is 5.11 Å². The van der Waals surface area contributed by atoms with Gasteiger partial charge in [-0.25, -0.2) is 0 Å². The Morgan fingerprint density at radius 3 is 2.56 bits per heavy atom. The van der Waals surface area contributed by atoms with Crippen LogP contribution in [0.1, 0.15) is 18.4 Å². The number of hydrogen-bond donors (Lipinski definition) is 2. The predicted octanol–water partition coefficient (Wildman–Crippen LogP) is 0.300. The topological polar surface area (TPSA) is 43.1 Å². The number of quaternary nitrogens is 1. The minimum absolute atomic E-state index is 0.259. The average molecular weight is 222 g/mol. The molecule has 4 nitrogen and oxygen atoms in total. The summed E-state index contributed by atoms with van der Waals surface area (Å²) in [4.78, 5) is 1.54. The molecule has 2 aliphatic rings. The molecule has 0 bridgehead atoms. The van der Waals surface area contributed by atoms with Gasteiger partial charge in [0.25, 0.3) is 0 Å². The summed E-state index contributed by atoms with van der Waals surface area (Å²) in [6.45, 7) is 3.54. The summed E-state index contributed by atoms with van der Waals surface area (Å²) in [5.74, 6) is 1.73. The summed E-state index contributed by atoms with van der Waals surface area (Å²) < 4.78 is 10.5. The molecule has 16 heavy (non-hydrogen) atoms. The van der Waals surface area contributed by atoms with Gasteiger partial charge in [0.15, 0.2) is 11.5 Å². The van der Waals surface area contributed by atoms with E-state index >= 15 is 0 Å². The molecule has 3 rings (SSSR count). The quantitative estimate of drug-likeness (QED) is 0.756. The Morgan fingerprint density at radius 1 is 1.12 bits per heavy atom. The third-order valence-electron chi connectivity index (χ3n) is 3.32. The van der Waals surface area contributed by atoms with Crippen molar-refractivity contribution in [2.24, 2.45) is 0 Å². The molecule has 0 spiro atoms. The van der Waals surface area contributed by atoms with Crippen LogP contribution in [0, 0.1) is 0 Å². The highest BCUT2D eigenvalue weighted by Crippen LogP contribution is 2.37. The van der Waals surface area contributed by atoms with Crippen molar-refractivity contribution in [3.63, 3.8) is 0 Å². The first-order valence-corrected chi connectivity index (χ1v) is 5.78. The number of fused-ring (bicyclic) bond motifs is 1. The van der Waals surface area contributed by atoms with Gasteiger partial charge in [0.1, 0.15) is 12.3 Å². The number of phenolic OH excluding ortho intramolecular Hbond substituents is 1. The first kappa shape index (κ1) is 9.78. The number of phenols is 1. The number of ether oxygens (including phenoxy) is 2. The lowest BCUT2D eigenvalue weighted by Gasteiger charge is -2.13. The van der Waals surface area contributed by atoms with Crippen LogP contribution in [0.25, 0.3) is 0 Å². The molecule has 0 aliphatic carbocycles. The van der Waals surface area contributed by atoms with Crippen LogP contribution in [0.15, 0.2) is 12.1 Å². The van der Waals surface area contributed by atoms with Gasteiger partial charge in [-0.3, -0.25) is 0 Å². The zero-order chi connectivity index (χ0) is 11.0. The van der Waals surface area contributed by atoms with Gasteiger partial charge < -0.3 is 19.5 Å². The lowest BCUT2D eigenvalue weighted by Crippen LogP contribution is -3.08. The van der Waals surface area contributed by atoms with Crippen molar-refractivity contribution in [2.75, 3.05) is 19.9 Å². The van der Waals surface area contributed by atoms with Crippen LogP contribution in [-0.2, 0) is 6.54 Å². The van der Waals surface area contributed by atoms with E-state index < -0.39 is 0 Å². The van der Waals surface area contributed by atoms with Crippen LogP contribution in [0.2, 0.25) is 0 Å². The van der Waals surface area contributed by atoms with Crippen molar-refractivity contribution < 1.29 is 19.5 Å². The Hall–Kier alpha value is -1.42. The van der Waals surface area contributed by atoms with E-state index in [0.29, 0.717) is 11.5 Å². The van der Waals surface area contributed by atoms with Gasteiger partial charge in [-0.15, -0.1) is 0 Å². The van der Waals surface area contributed by atoms with Crippen LogP contribution in [0.5, 0.6) is 17.2 Å². The van der Waals surface area contributed by atoms with Gasteiger partial charge in [-0.1, -0.05) is 0 Å². The summed E-state index contributed by atoms with van der Waals surface area (Å²) in [6.07, 6.45) is 2.58. The molecule has 2 N–H and O–H groups in total. The predicted molar refractivity (Wildman–Crippen MR) is 57.9 cm³/mol. The average Bonchev–Trinajstić information content (AvgIpc) is 2.89. The molecule has 2 aliphatic heterocycles. The minimum atomic E-state index is 0.259. The van der Waals surface area contributed by atoms with E-state index in [2.05, 4.69) is 0 Å². The highest BCUT2D eigenvalue weighted by atomic mass is 16.7. The number of hydrogen-bond acceptors (Lipinski definition) is 3. The van der Waals surface area contributed by atoms with Crippen LogP contribution in [0.4, 0.5) is 0 Å². The zero-order valence-corrected chi connectivity index (χ0v) is 9.16. The van der Waals surface area contributed by atoms with Gasteiger partial charge >= 0.3 is 0 Å². The van der Waals surface area contributed by atoms with Crippen LogP contribution in [0.3, 0.4) is 0 Å². The zero-order valence-electron chi connectivity index (χ0n) is 9.16. The molecule has 1 saturated heterocycles. The van der Waals surface area contributed by atoms with Crippen molar-refractivity contribution in [1.82, 2.24) is 0 Å². The number of aromatic hydroxyl groups is 1. The third-order valence-corrected chi connectivity index (χ3v) is 3.32. The van der Waals surface area contributed by atoms with E-state index in [0.717, 1.165) is 17.9 Å². The maximum absolute atomic E-state index is 9.89. The van der Waals surface area contributed by atoms with Gasteiger partial charge in [-0.2, -0.15) is 0 Å². The molecule has 86 valence electrons. The number of benzene rings is 1. The highest BCUT2D eigenvalue weighted by molar-refractivity contribution is 5.50. The fraction of sp³-hybridized carbons (Fsp3) is 0.500. The standard InChI is InChI=1S/C12H15NO3/c14-10-6-12-11(15-8-16-12)5-9(10)7-13-3-1-2-4-13/h5-6,14H,1-4,7-8H2/p+1. The van der Waals surface area contributed by atoms with Gasteiger partial charge in [0, 0.05) is 18.9 Å². The first-order chi connectivity index (χ1) is 7.83. The van der Waals surface area contributed by atoms with Crippen molar-refractivity contribution in [1.29, 1.82) is 0 Å². The summed E-state index contributed by atoms with van der Waals surface area (Å²) in [6, 6.07) is 3.57. The van der Waals surface area contributed by atoms with Gasteiger partial charge in [-0.05, 0) is 6.07 Å². The Kier molecular flexibility index (Phi) is 2.36. The fourth-order valence-corrected chi connectivity index (χ4v) is 2.44. The maximum Gasteiger partial charge on any atom is 0.231 e. The smallest absolute Gasteiger partial charge is 0.231 e. The number of likely N-dealkylation sites (tertiary alicyclic amines) is 1. The van der Waals surface area contributed by atoms with Crippen LogP contribution >= 0.6 is 0 Å². The minimum Gasteiger partial charge on any atom is -0.507 e. The molecule has 4 heteroatoms. The lowest BCUT2D eigenvalue weighted by molar-refractivity contribution is -0.901. The Balaban J connectivity index is 1.83. The molecule has 1 aromatic rings. The second kappa shape index (κ2) is 3.87. The molecule has 1 aromatic carbocycles.